The summed E-state index contributed by atoms with van der Waals surface area (Å²) in [6.45, 7) is 0. The van der Waals surface area contributed by atoms with Crippen molar-refractivity contribution in [2.45, 2.75) is 0 Å². The molecule has 0 atom stereocenters. The van der Waals surface area contributed by atoms with Crippen molar-refractivity contribution >= 4 is 65.4 Å². The molecule has 0 amide bonds. The normalized spacial score (nSPS) is 11.9. The average Bonchev–Trinajstić information content (AvgIpc) is 3.85. The number of rotatable bonds is 4. The second kappa shape index (κ2) is 10.8. The second-order valence-electron chi connectivity index (χ2n) is 13.3. The van der Waals surface area contributed by atoms with Crippen LogP contribution in [-0.4, -0.2) is 13.7 Å². The topological polar surface area (TPSA) is 14.8 Å². The van der Waals surface area contributed by atoms with E-state index in [9.17, 15) is 0 Å². The highest BCUT2D eigenvalue weighted by atomic mass is 15.0. The molecule has 0 radical (unpaired) electrons. The summed E-state index contributed by atoms with van der Waals surface area (Å²) in [5.74, 6) is 0. The molecule has 0 saturated carbocycles. The van der Waals surface area contributed by atoms with Gasteiger partial charge in [-0.1, -0.05) is 127 Å². The van der Waals surface area contributed by atoms with Crippen LogP contribution >= 0.6 is 0 Å². The van der Waals surface area contributed by atoms with Gasteiger partial charge in [0.2, 0.25) is 0 Å². The molecule has 238 valence electrons. The molecule has 0 saturated heterocycles. The van der Waals surface area contributed by atoms with Crippen molar-refractivity contribution in [1.29, 1.82) is 0 Å². The average molecular weight is 650 g/mol. The highest BCUT2D eigenvalue weighted by Crippen LogP contribution is 2.47. The summed E-state index contributed by atoms with van der Waals surface area (Å²) in [5.41, 5.74) is 13.1. The summed E-state index contributed by atoms with van der Waals surface area (Å²) in [6, 6.07) is 68.3. The Hall–Kier alpha value is -6.84. The van der Waals surface area contributed by atoms with Gasteiger partial charge in [0.05, 0.1) is 33.1 Å². The van der Waals surface area contributed by atoms with Gasteiger partial charge in [-0.3, -0.25) is 0 Å². The molecule has 0 unspecified atom stereocenters. The minimum atomic E-state index is 1.15. The highest BCUT2D eigenvalue weighted by Gasteiger charge is 2.25. The van der Waals surface area contributed by atoms with Gasteiger partial charge in [0.25, 0.3) is 0 Å². The lowest BCUT2D eigenvalue weighted by Crippen LogP contribution is -1.96. The Morgan fingerprint density at radius 2 is 0.706 bits per heavy atom. The molecule has 51 heavy (non-hydrogen) atoms. The number of fused-ring (bicyclic) bond motifs is 11. The van der Waals surface area contributed by atoms with Gasteiger partial charge >= 0.3 is 0 Å². The standard InChI is InChI=1S/C48H31N3/c1-5-16-32(17-6-1)36-25-15-27-41-44(36)46-43(50(41)34-20-9-3-10-21-34)31-29-38-37-28-30-42-45(47(37)51(48(38)46)35-22-11-4-12-23-35)39-24-13-14-26-40(39)49(42)33-18-7-2-8-19-33/h1-31H. The Morgan fingerprint density at radius 3 is 1.33 bits per heavy atom. The molecule has 3 nitrogen and oxygen atoms in total. The molecule has 3 heteroatoms. The van der Waals surface area contributed by atoms with Crippen LogP contribution < -0.4 is 0 Å². The first-order chi connectivity index (χ1) is 25.4. The number of benzene rings is 8. The molecule has 3 aromatic heterocycles. The van der Waals surface area contributed by atoms with Crippen LogP contribution in [0.15, 0.2) is 188 Å². The first-order valence-electron chi connectivity index (χ1n) is 17.5. The monoisotopic (exact) mass is 649 g/mol. The van der Waals surface area contributed by atoms with Crippen LogP contribution in [0.1, 0.15) is 0 Å². The summed E-state index contributed by atoms with van der Waals surface area (Å²) in [7, 11) is 0. The van der Waals surface area contributed by atoms with Crippen molar-refractivity contribution in [3.63, 3.8) is 0 Å². The van der Waals surface area contributed by atoms with Crippen LogP contribution in [0, 0.1) is 0 Å². The largest absolute Gasteiger partial charge is 0.309 e. The Balaban J connectivity index is 1.42. The summed E-state index contributed by atoms with van der Waals surface area (Å²) in [4.78, 5) is 0. The molecular formula is C48H31N3. The van der Waals surface area contributed by atoms with Gasteiger partial charge in [0.15, 0.2) is 0 Å². The van der Waals surface area contributed by atoms with E-state index in [2.05, 4.69) is 202 Å². The third-order valence-corrected chi connectivity index (χ3v) is 10.6. The van der Waals surface area contributed by atoms with Crippen molar-refractivity contribution < 1.29 is 0 Å². The van der Waals surface area contributed by atoms with Crippen LogP contribution in [0.25, 0.3) is 93.6 Å². The molecule has 0 N–H and O–H groups in total. The summed E-state index contributed by atoms with van der Waals surface area (Å²) < 4.78 is 7.41. The molecular weight excluding hydrogens is 619 g/mol. The fraction of sp³-hybridized carbons (Fsp3) is 0. The molecule has 0 aliphatic heterocycles. The molecule has 11 aromatic rings. The minimum absolute atomic E-state index is 1.15. The van der Waals surface area contributed by atoms with Gasteiger partial charge in [-0.15, -0.1) is 0 Å². The zero-order chi connectivity index (χ0) is 33.5. The maximum Gasteiger partial charge on any atom is 0.0641 e. The van der Waals surface area contributed by atoms with Crippen molar-refractivity contribution in [1.82, 2.24) is 13.7 Å². The third-order valence-electron chi connectivity index (χ3n) is 10.6. The highest BCUT2D eigenvalue weighted by molar-refractivity contribution is 6.32. The van der Waals surface area contributed by atoms with Crippen LogP contribution in [0.3, 0.4) is 0 Å². The molecule has 8 aromatic carbocycles. The summed E-state index contributed by atoms with van der Waals surface area (Å²) in [5, 5.41) is 7.51. The van der Waals surface area contributed by atoms with Gasteiger partial charge in [-0.25, -0.2) is 0 Å². The van der Waals surface area contributed by atoms with Crippen molar-refractivity contribution in [3.8, 4) is 28.2 Å². The summed E-state index contributed by atoms with van der Waals surface area (Å²) >= 11 is 0. The lowest BCUT2D eigenvalue weighted by molar-refractivity contribution is 1.17. The molecule has 11 rings (SSSR count). The van der Waals surface area contributed by atoms with Crippen molar-refractivity contribution in [2.75, 3.05) is 0 Å². The van der Waals surface area contributed by atoms with Gasteiger partial charge in [0.1, 0.15) is 0 Å². The Labute approximate surface area is 294 Å². The molecule has 0 bridgehead atoms. The smallest absolute Gasteiger partial charge is 0.0641 e. The molecule has 0 fully saturated rings. The lowest BCUT2D eigenvalue weighted by atomic mass is 9.98. The number of aromatic nitrogens is 3. The minimum Gasteiger partial charge on any atom is -0.309 e. The number of nitrogens with zero attached hydrogens (tertiary/aromatic N) is 3. The Morgan fingerprint density at radius 1 is 0.255 bits per heavy atom. The molecule has 0 aliphatic carbocycles. The Kier molecular flexibility index (Phi) is 5.96. The van der Waals surface area contributed by atoms with Gasteiger partial charge in [-0.2, -0.15) is 0 Å². The second-order valence-corrected chi connectivity index (χ2v) is 13.3. The maximum absolute atomic E-state index is 2.55. The van der Waals surface area contributed by atoms with Crippen LogP contribution in [0.4, 0.5) is 0 Å². The first-order valence-corrected chi connectivity index (χ1v) is 17.5. The van der Waals surface area contributed by atoms with E-state index in [1.54, 1.807) is 0 Å². The first kappa shape index (κ1) is 28.0. The maximum atomic E-state index is 2.55. The zero-order valence-electron chi connectivity index (χ0n) is 27.7. The molecule has 0 aliphatic rings. The van der Waals surface area contributed by atoms with E-state index in [4.69, 9.17) is 0 Å². The fourth-order valence-electron chi connectivity index (χ4n) is 8.59. The number of hydrogen-bond acceptors (Lipinski definition) is 0. The quantitative estimate of drug-likeness (QED) is 0.180. The van der Waals surface area contributed by atoms with Crippen molar-refractivity contribution in [3.05, 3.63) is 188 Å². The third kappa shape index (κ3) is 3.94. The van der Waals surface area contributed by atoms with Gasteiger partial charge in [0, 0.05) is 49.4 Å². The van der Waals surface area contributed by atoms with E-state index in [-0.39, 0.29) is 0 Å². The number of hydrogen-bond donors (Lipinski definition) is 0. The van der Waals surface area contributed by atoms with Crippen LogP contribution in [0.2, 0.25) is 0 Å². The van der Waals surface area contributed by atoms with Crippen LogP contribution in [-0.2, 0) is 0 Å². The Bertz CT molecular complexity index is 3090. The van der Waals surface area contributed by atoms with E-state index >= 15 is 0 Å². The van der Waals surface area contributed by atoms with Crippen molar-refractivity contribution in [2.24, 2.45) is 0 Å². The summed E-state index contributed by atoms with van der Waals surface area (Å²) in [6.07, 6.45) is 0. The predicted octanol–water partition coefficient (Wildman–Crippen LogP) is 12.6. The van der Waals surface area contributed by atoms with E-state index in [1.807, 2.05) is 0 Å². The molecule has 3 heterocycles. The zero-order valence-corrected chi connectivity index (χ0v) is 27.7. The van der Waals surface area contributed by atoms with E-state index in [0.29, 0.717) is 0 Å². The molecule has 0 spiro atoms. The van der Waals surface area contributed by atoms with E-state index < -0.39 is 0 Å². The SMILES string of the molecule is c1ccc(-c2cccc3c2c2c(ccc4c5ccc6c(c7ccccc7n6-c6ccccc6)c5n(-c5ccccc5)c42)n3-c2ccccc2)cc1. The fourth-order valence-corrected chi connectivity index (χ4v) is 8.59. The predicted molar refractivity (Wildman–Crippen MR) is 215 cm³/mol. The lowest BCUT2D eigenvalue weighted by Gasteiger charge is -2.11. The van der Waals surface area contributed by atoms with E-state index in [0.717, 1.165) is 17.1 Å². The van der Waals surface area contributed by atoms with Gasteiger partial charge in [-0.05, 0) is 71.8 Å². The van der Waals surface area contributed by atoms with E-state index in [1.165, 1.54) is 76.5 Å². The number of para-hydroxylation sites is 4. The van der Waals surface area contributed by atoms with Gasteiger partial charge < -0.3 is 13.7 Å². The van der Waals surface area contributed by atoms with Crippen LogP contribution in [0.5, 0.6) is 0 Å².